The number of rotatable bonds is 11. The van der Waals surface area contributed by atoms with Gasteiger partial charge in [0.05, 0.1) is 0 Å². The number of benzene rings is 4. The van der Waals surface area contributed by atoms with Crippen molar-refractivity contribution in [3.05, 3.63) is 143 Å². The van der Waals surface area contributed by atoms with Crippen molar-refractivity contribution in [2.45, 2.75) is 76.4 Å². The molecule has 4 aromatic rings. The highest BCUT2D eigenvalue weighted by atomic mass is 16.2. The molecule has 0 bridgehead atoms. The SMILES string of the molecule is Cc1ccc(CN(C(=O)CC(c2ccccc2)c2ccccc2)[C@H](Cc2ccccc2)C(=O)NC2CCCCC2)cc1. The van der Waals surface area contributed by atoms with Crippen LogP contribution in [0.25, 0.3) is 0 Å². The second-order valence-electron chi connectivity index (χ2n) is 11.6. The minimum absolute atomic E-state index is 0.0204. The zero-order valence-corrected chi connectivity index (χ0v) is 24.6. The van der Waals surface area contributed by atoms with Crippen LogP contribution in [0, 0.1) is 6.92 Å². The molecule has 0 heterocycles. The van der Waals surface area contributed by atoms with E-state index in [1.165, 1.54) is 12.0 Å². The van der Waals surface area contributed by atoms with E-state index in [9.17, 15) is 9.59 Å². The Morgan fingerprint density at radius 3 is 1.83 bits per heavy atom. The molecule has 4 nitrogen and oxygen atoms in total. The van der Waals surface area contributed by atoms with Crippen LogP contribution < -0.4 is 5.32 Å². The number of hydrogen-bond acceptors (Lipinski definition) is 2. The molecule has 0 spiro atoms. The molecule has 1 aliphatic carbocycles. The molecule has 4 aromatic carbocycles. The molecule has 0 unspecified atom stereocenters. The molecule has 1 N–H and O–H groups in total. The van der Waals surface area contributed by atoms with Crippen molar-refractivity contribution in [2.75, 3.05) is 0 Å². The summed E-state index contributed by atoms with van der Waals surface area (Å²) in [5.74, 6) is -0.186. The van der Waals surface area contributed by atoms with Crippen molar-refractivity contribution in [2.24, 2.45) is 0 Å². The van der Waals surface area contributed by atoms with Gasteiger partial charge in [-0.25, -0.2) is 0 Å². The zero-order valence-electron chi connectivity index (χ0n) is 24.6. The molecule has 1 atom stereocenters. The van der Waals surface area contributed by atoms with E-state index in [1.54, 1.807) is 0 Å². The van der Waals surface area contributed by atoms with Crippen molar-refractivity contribution in [1.29, 1.82) is 0 Å². The Labute approximate surface area is 250 Å². The number of carbonyl (C=O) groups is 2. The Bertz CT molecular complexity index is 1360. The topological polar surface area (TPSA) is 49.4 Å². The van der Waals surface area contributed by atoms with Crippen molar-refractivity contribution in [1.82, 2.24) is 10.2 Å². The monoisotopic (exact) mass is 558 g/mol. The molecular weight excluding hydrogens is 516 g/mol. The van der Waals surface area contributed by atoms with E-state index in [4.69, 9.17) is 0 Å². The fraction of sp³-hybridized carbons (Fsp3) is 0.316. The van der Waals surface area contributed by atoms with Gasteiger partial charge in [-0.15, -0.1) is 0 Å². The first kappa shape index (κ1) is 29.3. The van der Waals surface area contributed by atoms with Crippen LogP contribution in [0.4, 0.5) is 0 Å². The number of amides is 2. The Hall–Kier alpha value is -4.18. The van der Waals surface area contributed by atoms with Gasteiger partial charge in [-0.05, 0) is 42.0 Å². The lowest BCUT2D eigenvalue weighted by Crippen LogP contribution is -2.53. The van der Waals surface area contributed by atoms with Crippen LogP contribution in [0.15, 0.2) is 115 Å². The smallest absolute Gasteiger partial charge is 0.243 e. The van der Waals surface area contributed by atoms with E-state index in [0.29, 0.717) is 13.0 Å². The van der Waals surface area contributed by atoms with Crippen LogP contribution >= 0.6 is 0 Å². The third-order valence-corrected chi connectivity index (χ3v) is 8.48. The molecule has 4 heteroatoms. The first-order chi connectivity index (χ1) is 20.6. The van der Waals surface area contributed by atoms with Gasteiger partial charge < -0.3 is 10.2 Å². The normalized spacial score (nSPS) is 14.3. The molecule has 42 heavy (non-hydrogen) atoms. The van der Waals surface area contributed by atoms with Gasteiger partial charge in [0, 0.05) is 31.3 Å². The van der Waals surface area contributed by atoms with E-state index in [1.807, 2.05) is 71.6 Å². The first-order valence-electron chi connectivity index (χ1n) is 15.4. The van der Waals surface area contributed by atoms with E-state index < -0.39 is 6.04 Å². The molecule has 0 saturated heterocycles. The van der Waals surface area contributed by atoms with E-state index in [2.05, 4.69) is 60.8 Å². The number of nitrogens with zero attached hydrogens (tertiary/aromatic N) is 1. The third-order valence-electron chi connectivity index (χ3n) is 8.48. The molecule has 1 aliphatic rings. The molecule has 1 saturated carbocycles. The van der Waals surface area contributed by atoms with Gasteiger partial charge in [0.2, 0.25) is 11.8 Å². The standard InChI is InChI=1S/C38H42N2O2/c1-29-22-24-31(25-23-29)28-40(37(41)27-35(32-16-8-3-9-17-32)33-18-10-4-11-19-33)36(26-30-14-6-2-7-15-30)38(42)39-34-20-12-5-13-21-34/h2-4,6-11,14-19,22-25,34-36H,5,12-13,20-21,26-28H2,1H3,(H,39,42)/t36-/m1/s1. The number of hydrogen-bond donors (Lipinski definition) is 1. The van der Waals surface area contributed by atoms with Gasteiger partial charge in [0.25, 0.3) is 0 Å². The van der Waals surface area contributed by atoms with Gasteiger partial charge in [0.15, 0.2) is 0 Å². The second-order valence-corrected chi connectivity index (χ2v) is 11.6. The van der Waals surface area contributed by atoms with Crippen molar-refractivity contribution >= 4 is 11.8 Å². The summed E-state index contributed by atoms with van der Waals surface area (Å²) in [4.78, 5) is 30.5. The minimum atomic E-state index is -0.615. The Morgan fingerprint density at radius 2 is 1.26 bits per heavy atom. The highest BCUT2D eigenvalue weighted by Gasteiger charge is 2.33. The molecule has 0 aromatic heterocycles. The van der Waals surface area contributed by atoms with Crippen LogP contribution in [0.1, 0.15) is 72.3 Å². The molecule has 1 fully saturated rings. The van der Waals surface area contributed by atoms with Gasteiger partial charge in [-0.2, -0.15) is 0 Å². The van der Waals surface area contributed by atoms with Gasteiger partial charge in [-0.1, -0.05) is 140 Å². The summed E-state index contributed by atoms with van der Waals surface area (Å²) in [7, 11) is 0. The van der Waals surface area contributed by atoms with Crippen molar-refractivity contribution in [3.63, 3.8) is 0 Å². The highest BCUT2D eigenvalue weighted by molar-refractivity contribution is 5.88. The maximum Gasteiger partial charge on any atom is 0.243 e. The summed E-state index contributed by atoms with van der Waals surface area (Å²) in [5.41, 5.74) is 5.43. The lowest BCUT2D eigenvalue weighted by Gasteiger charge is -2.34. The van der Waals surface area contributed by atoms with Gasteiger partial charge >= 0.3 is 0 Å². The summed E-state index contributed by atoms with van der Waals surface area (Å²) in [6.45, 7) is 2.44. The summed E-state index contributed by atoms with van der Waals surface area (Å²) >= 11 is 0. The molecule has 2 amide bonds. The summed E-state index contributed by atoms with van der Waals surface area (Å²) in [6, 6.07) is 38.4. The predicted octanol–water partition coefficient (Wildman–Crippen LogP) is 7.61. The maximum atomic E-state index is 14.5. The minimum Gasteiger partial charge on any atom is -0.352 e. The highest BCUT2D eigenvalue weighted by Crippen LogP contribution is 2.30. The number of nitrogens with one attached hydrogen (secondary N) is 1. The molecule has 216 valence electrons. The Morgan fingerprint density at radius 1 is 0.714 bits per heavy atom. The Kier molecular flexibility index (Phi) is 10.2. The predicted molar refractivity (Wildman–Crippen MR) is 170 cm³/mol. The van der Waals surface area contributed by atoms with Gasteiger partial charge in [-0.3, -0.25) is 9.59 Å². The van der Waals surface area contributed by atoms with Crippen LogP contribution in [0.2, 0.25) is 0 Å². The summed E-state index contributed by atoms with van der Waals surface area (Å²) in [6.07, 6.45) is 6.24. The third kappa shape index (κ3) is 7.97. The average Bonchev–Trinajstić information content (AvgIpc) is 3.04. The Balaban J connectivity index is 1.50. The quantitative estimate of drug-likeness (QED) is 0.206. The fourth-order valence-electron chi connectivity index (χ4n) is 6.08. The van der Waals surface area contributed by atoms with Crippen molar-refractivity contribution in [3.8, 4) is 0 Å². The molecular formula is C38H42N2O2. The number of aryl methyl sites for hydroxylation is 1. The summed E-state index contributed by atoms with van der Waals surface area (Å²) < 4.78 is 0. The summed E-state index contributed by atoms with van der Waals surface area (Å²) in [5, 5.41) is 3.35. The molecule has 0 aliphatic heterocycles. The van der Waals surface area contributed by atoms with Crippen molar-refractivity contribution < 1.29 is 9.59 Å². The fourth-order valence-corrected chi connectivity index (χ4v) is 6.08. The van der Waals surface area contributed by atoms with Crippen LogP contribution in [-0.2, 0) is 22.6 Å². The zero-order chi connectivity index (χ0) is 29.1. The molecule has 0 radical (unpaired) electrons. The lowest BCUT2D eigenvalue weighted by atomic mass is 9.87. The van der Waals surface area contributed by atoms with E-state index >= 15 is 0 Å². The van der Waals surface area contributed by atoms with E-state index in [-0.39, 0.29) is 30.2 Å². The maximum absolute atomic E-state index is 14.5. The van der Waals surface area contributed by atoms with Crippen LogP contribution in [0.5, 0.6) is 0 Å². The van der Waals surface area contributed by atoms with Crippen LogP contribution in [0.3, 0.4) is 0 Å². The largest absolute Gasteiger partial charge is 0.352 e. The van der Waals surface area contributed by atoms with Crippen LogP contribution in [-0.4, -0.2) is 28.8 Å². The average molecular weight is 559 g/mol. The molecule has 5 rings (SSSR count). The van der Waals surface area contributed by atoms with Gasteiger partial charge in [0.1, 0.15) is 6.04 Å². The second kappa shape index (κ2) is 14.6. The number of carbonyl (C=O) groups excluding carboxylic acids is 2. The first-order valence-corrected chi connectivity index (χ1v) is 15.4. The van der Waals surface area contributed by atoms with E-state index in [0.717, 1.165) is 47.9 Å². The lowest BCUT2D eigenvalue weighted by molar-refractivity contribution is -0.141.